The Morgan fingerprint density at radius 2 is 1.56 bits per heavy atom. The highest BCUT2D eigenvalue weighted by Gasteiger charge is 2.32. The second-order valence-electron chi connectivity index (χ2n) is 9.30. The summed E-state index contributed by atoms with van der Waals surface area (Å²) in [6.07, 6.45) is 5.83. The third-order valence-corrected chi connectivity index (χ3v) is 6.81. The van der Waals surface area contributed by atoms with Crippen molar-refractivity contribution < 1.29 is 14.3 Å². The minimum absolute atomic E-state index is 0.113. The number of carbonyl (C=O) groups excluding carboxylic acids is 2. The van der Waals surface area contributed by atoms with Gasteiger partial charge in [0.05, 0.1) is 0 Å². The molecule has 3 aromatic rings. The average molecular weight is 505 g/mol. The highest BCUT2D eigenvalue weighted by atomic mass is 35.5. The minimum Gasteiger partial charge on any atom is -0.484 e. The number of hydrogen-bond acceptors (Lipinski definition) is 3. The summed E-state index contributed by atoms with van der Waals surface area (Å²) in [6.45, 7) is 0.128. The van der Waals surface area contributed by atoms with E-state index in [4.69, 9.17) is 16.3 Å². The summed E-state index contributed by atoms with van der Waals surface area (Å²) in [5.41, 5.74) is 1.96. The predicted molar refractivity (Wildman–Crippen MR) is 143 cm³/mol. The van der Waals surface area contributed by atoms with Gasteiger partial charge in [-0.25, -0.2) is 0 Å². The van der Waals surface area contributed by atoms with Crippen LogP contribution in [0.4, 0.5) is 0 Å². The Bertz CT molecular complexity index is 1120. The molecular formula is C30H33ClN2O3. The smallest absolute Gasteiger partial charge is 0.261 e. The Hall–Kier alpha value is -3.31. The van der Waals surface area contributed by atoms with Gasteiger partial charge in [0.2, 0.25) is 5.91 Å². The molecule has 1 saturated carbocycles. The molecule has 1 aliphatic rings. The van der Waals surface area contributed by atoms with E-state index in [-0.39, 0.29) is 24.5 Å². The van der Waals surface area contributed by atoms with Crippen LogP contribution in [0.15, 0.2) is 84.9 Å². The van der Waals surface area contributed by atoms with Crippen LogP contribution in [0.5, 0.6) is 5.75 Å². The summed E-state index contributed by atoms with van der Waals surface area (Å²) in [7, 11) is 0. The third-order valence-electron chi connectivity index (χ3n) is 6.58. The Balaban J connectivity index is 1.59. The van der Waals surface area contributed by atoms with Crippen LogP contribution in [0.3, 0.4) is 0 Å². The molecule has 5 nitrogen and oxygen atoms in total. The SMILES string of the molecule is O=C(NC1CCCCC1)[C@H](Cc1ccccc1)N(Cc1ccccc1)C(=O)COc1cccc(Cl)c1. The van der Waals surface area contributed by atoms with E-state index in [0.717, 1.165) is 36.8 Å². The van der Waals surface area contributed by atoms with E-state index in [1.807, 2.05) is 60.7 Å². The molecule has 4 rings (SSSR count). The van der Waals surface area contributed by atoms with Crippen molar-refractivity contribution in [1.29, 1.82) is 0 Å². The van der Waals surface area contributed by atoms with Crippen LogP contribution in [0.1, 0.15) is 43.2 Å². The second kappa shape index (κ2) is 13.1. The van der Waals surface area contributed by atoms with Crippen LogP contribution in [-0.2, 0) is 22.6 Å². The number of halogens is 1. The Morgan fingerprint density at radius 1 is 0.889 bits per heavy atom. The number of amides is 2. The van der Waals surface area contributed by atoms with Gasteiger partial charge in [0, 0.05) is 24.0 Å². The number of carbonyl (C=O) groups is 2. The van der Waals surface area contributed by atoms with E-state index in [2.05, 4.69) is 5.32 Å². The first-order valence-corrected chi connectivity index (χ1v) is 13.0. The van der Waals surface area contributed by atoms with Crippen molar-refractivity contribution in [2.24, 2.45) is 0 Å². The second-order valence-corrected chi connectivity index (χ2v) is 9.74. The monoisotopic (exact) mass is 504 g/mol. The minimum atomic E-state index is -0.662. The van der Waals surface area contributed by atoms with Crippen LogP contribution in [0.2, 0.25) is 5.02 Å². The molecule has 2 amide bonds. The predicted octanol–water partition coefficient (Wildman–Crippen LogP) is 5.81. The van der Waals surface area contributed by atoms with Crippen molar-refractivity contribution >= 4 is 23.4 Å². The van der Waals surface area contributed by atoms with Gasteiger partial charge in [0.25, 0.3) is 5.91 Å². The number of nitrogens with one attached hydrogen (secondary N) is 1. The van der Waals surface area contributed by atoms with E-state index in [9.17, 15) is 9.59 Å². The van der Waals surface area contributed by atoms with Gasteiger partial charge < -0.3 is 15.0 Å². The molecule has 188 valence electrons. The van der Waals surface area contributed by atoms with Crippen molar-refractivity contribution in [3.05, 3.63) is 101 Å². The van der Waals surface area contributed by atoms with Gasteiger partial charge in [-0.05, 0) is 42.2 Å². The molecule has 6 heteroatoms. The molecule has 0 unspecified atom stereocenters. The van der Waals surface area contributed by atoms with Crippen molar-refractivity contribution in [2.45, 2.75) is 57.2 Å². The molecule has 0 bridgehead atoms. The molecule has 0 aliphatic heterocycles. The van der Waals surface area contributed by atoms with Crippen LogP contribution >= 0.6 is 11.6 Å². The number of benzene rings is 3. The summed E-state index contributed by atoms with van der Waals surface area (Å²) < 4.78 is 5.79. The third kappa shape index (κ3) is 7.59. The van der Waals surface area contributed by atoms with E-state index in [1.54, 1.807) is 29.2 Å². The lowest BCUT2D eigenvalue weighted by atomic mass is 9.94. The highest BCUT2D eigenvalue weighted by Crippen LogP contribution is 2.21. The number of hydrogen-bond donors (Lipinski definition) is 1. The van der Waals surface area contributed by atoms with Crippen molar-refractivity contribution in [1.82, 2.24) is 10.2 Å². The van der Waals surface area contributed by atoms with E-state index >= 15 is 0 Å². The molecule has 0 aromatic heterocycles. The Morgan fingerprint density at radius 3 is 2.22 bits per heavy atom. The molecule has 1 fully saturated rings. The Labute approximate surface area is 218 Å². The van der Waals surface area contributed by atoms with Gasteiger partial charge in [-0.1, -0.05) is 97.6 Å². The molecule has 0 heterocycles. The molecule has 0 spiro atoms. The number of rotatable bonds is 10. The fourth-order valence-corrected chi connectivity index (χ4v) is 4.84. The zero-order valence-corrected chi connectivity index (χ0v) is 21.2. The lowest BCUT2D eigenvalue weighted by Crippen LogP contribution is -2.53. The zero-order valence-electron chi connectivity index (χ0n) is 20.4. The first kappa shape index (κ1) is 25.8. The molecular weight excluding hydrogens is 472 g/mol. The lowest BCUT2D eigenvalue weighted by molar-refractivity contribution is -0.143. The summed E-state index contributed by atoms with van der Waals surface area (Å²) in [5.74, 6) is 0.151. The van der Waals surface area contributed by atoms with Gasteiger partial charge in [0.1, 0.15) is 11.8 Å². The van der Waals surface area contributed by atoms with Crippen LogP contribution in [0, 0.1) is 0 Å². The first-order valence-electron chi connectivity index (χ1n) is 12.6. The van der Waals surface area contributed by atoms with Gasteiger partial charge in [-0.2, -0.15) is 0 Å². The molecule has 0 saturated heterocycles. The lowest BCUT2D eigenvalue weighted by Gasteiger charge is -2.33. The summed E-state index contributed by atoms with van der Waals surface area (Å²) in [4.78, 5) is 29.0. The number of nitrogens with zero attached hydrogens (tertiary/aromatic N) is 1. The van der Waals surface area contributed by atoms with Crippen LogP contribution in [-0.4, -0.2) is 35.4 Å². The van der Waals surface area contributed by atoms with Crippen molar-refractivity contribution in [3.63, 3.8) is 0 Å². The molecule has 3 aromatic carbocycles. The maximum Gasteiger partial charge on any atom is 0.261 e. The van der Waals surface area contributed by atoms with Gasteiger partial charge in [-0.3, -0.25) is 9.59 Å². The standard InChI is InChI=1S/C30H33ClN2O3/c31-25-15-10-18-27(20-25)36-22-29(34)33(21-24-13-6-2-7-14-24)28(19-23-11-4-1-5-12-23)30(35)32-26-16-8-3-9-17-26/h1-2,4-7,10-15,18,20,26,28H,3,8-9,16-17,19,21-22H2,(H,32,35)/t28-/m0/s1. The van der Waals surface area contributed by atoms with Gasteiger partial charge >= 0.3 is 0 Å². The Kier molecular flexibility index (Phi) is 9.40. The fourth-order valence-electron chi connectivity index (χ4n) is 4.66. The van der Waals surface area contributed by atoms with Crippen molar-refractivity contribution in [2.75, 3.05) is 6.61 Å². The highest BCUT2D eigenvalue weighted by molar-refractivity contribution is 6.30. The molecule has 0 radical (unpaired) electrons. The molecule has 1 aliphatic carbocycles. The molecule has 1 N–H and O–H groups in total. The van der Waals surface area contributed by atoms with Crippen molar-refractivity contribution in [3.8, 4) is 5.75 Å². The quantitative estimate of drug-likeness (QED) is 0.379. The topological polar surface area (TPSA) is 58.6 Å². The maximum absolute atomic E-state index is 13.7. The number of ether oxygens (including phenoxy) is 1. The first-order chi connectivity index (χ1) is 17.6. The molecule has 1 atom stereocenters. The van der Waals surface area contributed by atoms with Gasteiger partial charge in [0.15, 0.2) is 6.61 Å². The normalized spacial score (nSPS) is 14.6. The van der Waals surface area contributed by atoms with E-state index in [0.29, 0.717) is 23.7 Å². The fraction of sp³-hybridized carbons (Fsp3) is 0.333. The van der Waals surface area contributed by atoms with Crippen LogP contribution in [0.25, 0.3) is 0 Å². The summed E-state index contributed by atoms with van der Waals surface area (Å²) in [6, 6.07) is 26.1. The van der Waals surface area contributed by atoms with E-state index in [1.165, 1.54) is 6.42 Å². The van der Waals surface area contributed by atoms with Crippen LogP contribution < -0.4 is 10.1 Å². The summed E-state index contributed by atoms with van der Waals surface area (Å²) >= 11 is 6.08. The van der Waals surface area contributed by atoms with Gasteiger partial charge in [-0.15, -0.1) is 0 Å². The summed E-state index contributed by atoms with van der Waals surface area (Å²) in [5, 5.41) is 3.79. The zero-order chi connectivity index (χ0) is 25.2. The maximum atomic E-state index is 13.7. The molecule has 36 heavy (non-hydrogen) atoms. The average Bonchev–Trinajstić information content (AvgIpc) is 2.91. The largest absolute Gasteiger partial charge is 0.484 e. The van der Waals surface area contributed by atoms with E-state index < -0.39 is 6.04 Å².